The SMILES string of the molecule is CCCC1=C(CC)C=C=C(C2=CC=C(C#N)C=CC2)O1. The lowest BCUT2D eigenvalue weighted by atomic mass is 10.0. The fourth-order valence-electron chi connectivity index (χ4n) is 2.22. The van der Waals surface area contributed by atoms with Crippen molar-refractivity contribution in [2.75, 3.05) is 0 Å². The largest absolute Gasteiger partial charge is 0.453 e. The molecule has 0 fully saturated rings. The molecule has 0 bridgehead atoms. The van der Waals surface area contributed by atoms with Gasteiger partial charge in [0.2, 0.25) is 0 Å². The summed E-state index contributed by atoms with van der Waals surface area (Å²) in [6.45, 7) is 4.29. The molecule has 0 atom stereocenters. The van der Waals surface area contributed by atoms with Crippen molar-refractivity contribution in [2.24, 2.45) is 0 Å². The molecule has 2 heteroatoms. The first-order chi connectivity index (χ1) is 9.78. The lowest BCUT2D eigenvalue weighted by molar-refractivity contribution is 0.289. The molecule has 0 aromatic heterocycles. The van der Waals surface area contributed by atoms with Crippen molar-refractivity contribution >= 4 is 0 Å². The van der Waals surface area contributed by atoms with E-state index in [1.165, 1.54) is 5.57 Å². The Bertz CT molecular complexity index is 614. The average Bonchev–Trinajstić information content (AvgIpc) is 2.73. The van der Waals surface area contributed by atoms with E-state index in [-0.39, 0.29) is 0 Å². The molecule has 0 spiro atoms. The van der Waals surface area contributed by atoms with Crippen molar-refractivity contribution in [3.8, 4) is 6.07 Å². The number of allylic oxidation sites excluding steroid dienone is 8. The standard InChI is InChI=1S/C18H19NO/c1-3-6-17-15(4-2)11-12-18(20-17)16-8-5-7-14(13-19)9-10-16/h5,7,9-11H,3-4,6,8H2,1-2H3. The fourth-order valence-corrected chi connectivity index (χ4v) is 2.22. The maximum Gasteiger partial charge on any atom is 0.172 e. The van der Waals surface area contributed by atoms with E-state index in [0.29, 0.717) is 5.57 Å². The van der Waals surface area contributed by atoms with Crippen LogP contribution in [0.15, 0.2) is 64.3 Å². The number of nitriles is 1. The van der Waals surface area contributed by atoms with Crippen LogP contribution in [0, 0.1) is 11.3 Å². The third-order valence-electron chi connectivity index (χ3n) is 3.34. The number of hydrogen-bond donors (Lipinski definition) is 0. The van der Waals surface area contributed by atoms with Crippen LogP contribution in [0.1, 0.15) is 39.5 Å². The van der Waals surface area contributed by atoms with Crippen molar-refractivity contribution in [3.63, 3.8) is 0 Å². The normalized spacial score (nSPS) is 17.8. The first-order valence-corrected chi connectivity index (χ1v) is 7.13. The van der Waals surface area contributed by atoms with Crippen LogP contribution in [0.2, 0.25) is 0 Å². The molecule has 0 amide bonds. The summed E-state index contributed by atoms with van der Waals surface area (Å²) in [5.41, 5.74) is 6.19. The van der Waals surface area contributed by atoms with E-state index in [1.54, 1.807) is 0 Å². The number of nitrogens with zero attached hydrogens (tertiary/aromatic N) is 1. The summed E-state index contributed by atoms with van der Waals surface area (Å²) in [7, 11) is 0. The highest BCUT2D eigenvalue weighted by Crippen LogP contribution is 2.29. The van der Waals surface area contributed by atoms with Gasteiger partial charge in [-0.2, -0.15) is 5.26 Å². The smallest absolute Gasteiger partial charge is 0.172 e. The van der Waals surface area contributed by atoms with Crippen LogP contribution in [0.4, 0.5) is 0 Å². The Labute approximate surface area is 120 Å². The highest BCUT2D eigenvalue weighted by atomic mass is 16.5. The predicted octanol–water partition coefficient (Wildman–Crippen LogP) is 4.86. The third kappa shape index (κ3) is 3.20. The molecule has 0 saturated heterocycles. The number of ether oxygens (including phenoxy) is 1. The van der Waals surface area contributed by atoms with Crippen molar-refractivity contribution in [1.29, 1.82) is 5.26 Å². The van der Waals surface area contributed by atoms with Crippen LogP contribution in [0.3, 0.4) is 0 Å². The van der Waals surface area contributed by atoms with Gasteiger partial charge in [-0.05, 0) is 43.1 Å². The second-order valence-electron chi connectivity index (χ2n) is 4.80. The minimum Gasteiger partial charge on any atom is -0.453 e. The predicted molar refractivity (Wildman–Crippen MR) is 80.4 cm³/mol. The van der Waals surface area contributed by atoms with Gasteiger partial charge in [0.15, 0.2) is 5.76 Å². The quantitative estimate of drug-likeness (QED) is 0.680. The number of hydrogen-bond acceptors (Lipinski definition) is 2. The summed E-state index contributed by atoms with van der Waals surface area (Å²) in [6, 6.07) is 2.15. The van der Waals surface area contributed by atoms with Crippen LogP contribution in [0.25, 0.3) is 0 Å². The third-order valence-corrected chi connectivity index (χ3v) is 3.34. The summed E-state index contributed by atoms with van der Waals surface area (Å²) in [5.74, 6) is 1.84. The lowest BCUT2D eigenvalue weighted by Crippen LogP contribution is -2.02. The van der Waals surface area contributed by atoms with E-state index in [1.807, 2.05) is 30.4 Å². The highest BCUT2D eigenvalue weighted by molar-refractivity contribution is 5.45. The zero-order valence-electron chi connectivity index (χ0n) is 12.1. The fraction of sp³-hybridized carbons (Fsp3) is 0.333. The van der Waals surface area contributed by atoms with Gasteiger partial charge >= 0.3 is 0 Å². The van der Waals surface area contributed by atoms with Gasteiger partial charge in [-0.1, -0.05) is 31.7 Å². The Balaban J connectivity index is 2.27. The Hall–Kier alpha value is -2.23. The molecule has 20 heavy (non-hydrogen) atoms. The van der Waals surface area contributed by atoms with Crippen LogP contribution in [0.5, 0.6) is 0 Å². The van der Waals surface area contributed by atoms with Gasteiger partial charge in [-0.3, -0.25) is 0 Å². The molecule has 0 unspecified atom stereocenters. The first kappa shape index (κ1) is 14.2. The van der Waals surface area contributed by atoms with Crippen LogP contribution < -0.4 is 0 Å². The molecule has 1 aliphatic heterocycles. The van der Waals surface area contributed by atoms with Gasteiger partial charge in [0.05, 0.1) is 11.6 Å². The molecule has 1 heterocycles. The van der Waals surface area contributed by atoms with Gasteiger partial charge in [0.25, 0.3) is 0 Å². The molecule has 0 aromatic carbocycles. The molecule has 0 radical (unpaired) electrons. The zero-order valence-corrected chi connectivity index (χ0v) is 12.1. The molecule has 102 valence electrons. The molecule has 0 aromatic rings. The van der Waals surface area contributed by atoms with E-state index in [9.17, 15) is 0 Å². The van der Waals surface area contributed by atoms with Gasteiger partial charge < -0.3 is 4.74 Å². The summed E-state index contributed by atoms with van der Waals surface area (Å²) in [6.07, 6.45) is 13.4. The Morgan fingerprint density at radius 1 is 1.35 bits per heavy atom. The van der Waals surface area contributed by atoms with E-state index in [0.717, 1.165) is 42.8 Å². The second kappa shape index (κ2) is 6.80. The van der Waals surface area contributed by atoms with Gasteiger partial charge in [0, 0.05) is 12.0 Å². The zero-order chi connectivity index (χ0) is 14.4. The molecule has 2 nitrogen and oxygen atoms in total. The topological polar surface area (TPSA) is 33.0 Å². The molecule has 1 aliphatic carbocycles. The van der Waals surface area contributed by atoms with Crippen molar-refractivity contribution < 1.29 is 4.74 Å². The highest BCUT2D eigenvalue weighted by Gasteiger charge is 2.14. The molecular formula is C18H19NO. The maximum absolute atomic E-state index is 8.93. The number of rotatable bonds is 4. The summed E-state index contributed by atoms with van der Waals surface area (Å²) >= 11 is 0. The molecular weight excluding hydrogens is 246 g/mol. The van der Waals surface area contributed by atoms with Crippen LogP contribution >= 0.6 is 0 Å². The molecule has 0 saturated carbocycles. The molecule has 0 N–H and O–H groups in total. The summed E-state index contributed by atoms with van der Waals surface area (Å²) in [4.78, 5) is 0. The van der Waals surface area contributed by atoms with Crippen LogP contribution in [-0.2, 0) is 4.74 Å². The monoisotopic (exact) mass is 265 g/mol. The summed E-state index contributed by atoms with van der Waals surface area (Å²) < 4.78 is 6.03. The van der Waals surface area contributed by atoms with E-state index < -0.39 is 0 Å². The molecule has 2 rings (SSSR count). The summed E-state index contributed by atoms with van der Waals surface area (Å²) in [5, 5.41) is 8.93. The Morgan fingerprint density at radius 3 is 2.90 bits per heavy atom. The van der Waals surface area contributed by atoms with Crippen molar-refractivity contribution in [2.45, 2.75) is 39.5 Å². The van der Waals surface area contributed by atoms with Gasteiger partial charge in [-0.25, -0.2) is 0 Å². The van der Waals surface area contributed by atoms with Crippen molar-refractivity contribution in [3.05, 3.63) is 64.3 Å². The van der Waals surface area contributed by atoms with Crippen molar-refractivity contribution in [1.82, 2.24) is 0 Å². The van der Waals surface area contributed by atoms with E-state index in [4.69, 9.17) is 10.00 Å². The second-order valence-corrected chi connectivity index (χ2v) is 4.80. The van der Waals surface area contributed by atoms with E-state index >= 15 is 0 Å². The molecule has 2 aliphatic rings. The van der Waals surface area contributed by atoms with Gasteiger partial charge in [-0.15, -0.1) is 0 Å². The maximum atomic E-state index is 8.93. The first-order valence-electron chi connectivity index (χ1n) is 7.13. The minimum absolute atomic E-state index is 0.666. The lowest BCUT2D eigenvalue weighted by Gasteiger charge is -2.18. The Morgan fingerprint density at radius 2 is 2.20 bits per heavy atom. The van der Waals surface area contributed by atoms with Gasteiger partial charge in [0.1, 0.15) is 5.76 Å². The average molecular weight is 265 g/mol. The minimum atomic E-state index is 0.666. The Kier molecular flexibility index (Phi) is 4.82. The van der Waals surface area contributed by atoms with E-state index in [2.05, 4.69) is 25.6 Å². The van der Waals surface area contributed by atoms with Crippen LogP contribution in [-0.4, -0.2) is 0 Å².